The van der Waals surface area contributed by atoms with Crippen molar-refractivity contribution < 1.29 is 0 Å². The third-order valence-corrected chi connectivity index (χ3v) is 4.08. The summed E-state index contributed by atoms with van der Waals surface area (Å²) in [5.74, 6) is 2.42. The molecular formula is C14H23N5. The first-order chi connectivity index (χ1) is 9.33. The van der Waals surface area contributed by atoms with Gasteiger partial charge < -0.3 is 15.5 Å². The molecule has 5 nitrogen and oxygen atoms in total. The molecule has 19 heavy (non-hydrogen) atoms. The van der Waals surface area contributed by atoms with Crippen molar-refractivity contribution in [2.24, 2.45) is 0 Å². The second-order valence-electron chi connectivity index (χ2n) is 5.54. The van der Waals surface area contributed by atoms with Gasteiger partial charge in [0.25, 0.3) is 0 Å². The van der Waals surface area contributed by atoms with Crippen LogP contribution < -0.4 is 15.5 Å². The van der Waals surface area contributed by atoms with Crippen LogP contribution in [0.25, 0.3) is 0 Å². The van der Waals surface area contributed by atoms with Gasteiger partial charge in [-0.25, -0.2) is 0 Å². The lowest BCUT2D eigenvalue weighted by Crippen LogP contribution is -2.33. The minimum Gasteiger partial charge on any atom is -0.368 e. The second-order valence-corrected chi connectivity index (χ2v) is 5.54. The molecule has 0 saturated carbocycles. The zero-order valence-electron chi connectivity index (χ0n) is 11.5. The molecule has 2 aliphatic rings. The predicted octanol–water partition coefficient (Wildman–Crippen LogP) is 2.04. The average molecular weight is 261 g/mol. The zero-order valence-corrected chi connectivity index (χ0v) is 11.5. The molecule has 1 aromatic heterocycles. The summed E-state index contributed by atoms with van der Waals surface area (Å²) in [5, 5.41) is 0. The Bertz CT molecular complexity index is 386. The normalized spacial score (nSPS) is 20.6. The van der Waals surface area contributed by atoms with Gasteiger partial charge in [0.1, 0.15) is 11.6 Å². The molecule has 1 aromatic rings. The third kappa shape index (κ3) is 2.91. The monoisotopic (exact) mass is 261 g/mol. The number of hydrogen-bond donors (Lipinski definition) is 1. The maximum absolute atomic E-state index is 5.90. The predicted molar refractivity (Wildman–Crippen MR) is 78.6 cm³/mol. The molecule has 0 bridgehead atoms. The summed E-state index contributed by atoms with van der Waals surface area (Å²) < 4.78 is 0. The Balaban J connectivity index is 1.82. The largest absolute Gasteiger partial charge is 0.368 e. The van der Waals surface area contributed by atoms with Crippen molar-refractivity contribution in [3.05, 3.63) is 6.07 Å². The van der Waals surface area contributed by atoms with E-state index >= 15 is 0 Å². The van der Waals surface area contributed by atoms with Gasteiger partial charge in [0.05, 0.1) is 0 Å². The van der Waals surface area contributed by atoms with Crippen molar-refractivity contribution in [3.8, 4) is 0 Å². The maximum atomic E-state index is 5.90. The van der Waals surface area contributed by atoms with E-state index in [0.717, 1.165) is 37.8 Å². The molecule has 0 aliphatic carbocycles. The van der Waals surface area contributed by atoms with Crippen LogP contribution in [0.4, 0.5) is 17.6 Å². The third-order valence-electron chi connectivity index (χ3n) is 4.08. The molecule has 0 spiro atoms. The van der Waals surface area contributed by atoms with Crippen LogP contribution in [0, 0.1) is 0 Å². The van der Waals surface area contributed by atoms with Crippen LogP contribution in [-0.2, 0) is 0 Å². The quantitative estimate of drug-likeness (QED) is 0.883. The van der Waals surface area contributed by atoms with Gasteiger partial charge in [0.2, 0.25) is 5.95 Å². The smallest absolute Gasteiger partial charge is 0.223 e. The highest BCUT2D eigenvalue weighted by Gasteiger charge is 2.17. The standard InChI is InChI=1S/C14H23N5/c15-14-16-12(18-7-3-1-4-8-18)11-13(17-14)19-9-5-2-6-10-19/h11H,1-10H2,(H2,15,16,17). The molecule has 3 rings (SSSR count). The van der Waals surface area contributed by atoms with Crippen LogP contribution >= 0.6 is 0 Å². The van der Waals surface area contributed by atoms with Crippen LogP contribution in [-0.4, -0.2) is 36.1 Å². The van der Waals surface area contributed by atoms with Crippen LogP contribution in [0.15, 0.2) is 6.07 Å². The summed E-state index contributed by atoms with van der Waals surface area (Å²) in [4.78, 5) is 13.5. The molecule has 0 atom stereocenters. The van der Waals surface area contributed by atoms with Crippen LogP contribution in [0.3, 0.4) is 0 Å². The van der Waals surface area contributed by atoms with Crippen molar-refractivity contribution in [1.29, 1.82) is 0 Å². The number of anilines is 3. The Morgan fingerprint density at radius 2 is 1.16 bits per heavy atom. The fraction of sp³-hybridized carbons (Fsp3) is 0.714. The Kier molecular flexibility index (Phi) is 3.71. The molecule has 0 aromatic carbocycles. The zero-order chi connectivity index (χ0) is 13.1. The topological polar surface area (TPSA) is 58.3 Å². The Morgan fingerprint density at radius 3 is 1.58 bits per heavy atom. The van der Waals surface area contributed by atoms with E-state index in [9.17, 15) is 0 Å². The van der Waals surface area contributed by atoms with Crippen molar-refractivity contribution >= 4 is 17.6 Å². The van der Waals surface area contributed by atoms with Crippen molar-refractivity contribution in [2.75, 3.05) is 41.7 Å². The molecule has 104 valence electrons. The summed E-state index contributed by atoms with van der Waals surface area (Å²) >= 11 is 0. The first-order valence-electron chi connectivity index (χ1n) is 7.47. The number of aromatic nitrogens is 2. The first kappa shape index (κ1) is 12.5. The Hall–Kier alpha value is -1.52. The molecule has 2 N–H and O–H groups in total. The summed E-state index contributed by atoms with van der Waals surface area (Å²) in [6.45, 7) is 4.37. The van der Waals surface area contributed by atoms with Gasteiger partial charge in [-0.05, 0) is 38.5 Å². The van der Waals surface area contributed by atoms with Crippen molar-refractivity contribution in [3.63, 3.8) is 0 Å². The molecule has 2 fully saturated rings. The minimum atomic E-state index is 0.406. The van der Waals surface area contributed by atoms with E-state index < -0.39 is 0 Å². The van der Waals surface area contributed by atoms with E-state index in [1.807, 2.05) is 0 Å². The van der Waals surface area contributed by atoms with E-state index in [0.29, 0.717) is 5.95 Å². The molecular weight excluding hydrogens is 238 g/mol. The van der Waals surface area contributed by atoms with E-state index in [1.165, 1.54) is 38.5 Å². The Labute approximate surface area is 114 Å². The molecule has 5 heteroatoms. The summed E-state index contributed by atoms with van der Waals surface area (Å²) in [5.41, 5.74) is 5.90. The van der Waals surface area contributed by atoms with Crippen LogP contribution in [0.2, 0.25) is 0 Å². The highest BCUT2D eigenvalue weighted by Crippen LogP contribution is 2.24. The molecule has 0 unspecified atom stereocenters. The average Bonchev–Trinajstić information content (AvgIpc) is 2.48. The van der Waals surface area contributed by atoms with Crippen LogP contribution in [0.1, 0.15) is 38.5 Å². The number of nitrogens with two attached hydrogens (primary N) is 1. The van der Waals surface area contributed by atoms with E-state index in [4.69, 9.17) is 5.73 Å². The number of hydrogen-bond acceptors (Lipinski definition) is 5. The second kappa shape index (κ2) is 5.63. The fourth-order valence-corrected chi connectivity index (χ4v) is 3.01. The van der Waals surface area contributed by atoms with Gasteiger partial charge in [0.15, 0.2) is 0 Å². The lowest BCUT2D eigenvalue weighted by Gasteiger charge is -2.31. The summed E-state index contributed by atoms with van der Waals surface area (Å²) in [7, 11) is 0. The van der Waals surface area contributed by atoms with Crippen molar-refractivity contribution in [2.45, 2.75) is 38.5 Å². The Morgan fingerprint density at radius 1 is 0.737 bits per heavy atom. The van der Waals surface area contributed by atoms with E-state index in [1.54, 1.807) is 0 Å². The van der Waals surface area contributed by atoms with E-state index in [2.05, 4.69) is 25.8 Å². The SMILES string of the molecule is Nc1nc(N2CCCCC2)cc(N2CCCCC2)n1. The fourth-order valence-electron chi connectivity index (χ4n) is 3.01. The van der Waals surface area contributed by atoms with Gasteiger partial charge in [-0.1, -0.05) is 0 Å². The van der Waals surface area contributed by atoms with Gasteiger partial charge in [-0.3, -0.25) is 0 Å². The molecule has 0 radical (unpaired) electrons. The summed E-state index contributed by atoms with van der Waals surface area (Å²) in [6.07, 6.45) is 7.67. The lowest BCUT2D eigenvalue weighted by molar-refractivity contribution is 0.567. The van der Waals surface area contributed by atoms with E-state index in [-0.39, 0.29) is 0 Å². The van der Waals surface area contributed by atoms with Gasteiger partial charge in [0, 0.05) is 32.2 Å². The highest BCUT2D eigenvalue weighted by atomic mass is 15.3. The number of rotatable bonds is 2. The number of piperidine rings is 2. The molecule has 2 saturated heterocycles. The first-order valence-corrected chi connectivity index (χ1v) is 7.47. The number of nitrogens with zero attached hydrogens (tertiary/aromatic N) is 4. The summed E-state index contributed by atoms with van der Waals surface area (Å²) in [6, 6.07) is 2.12. The van der Waals surface area contributed by atoms with Gasteiger partial charge in [-0.2, -0.15) is 9.97 Å². The maximum Gasteiger partial charge on any atom is 0.223 e. The number of nitrogen functional groups attached to an aromatic ring is 1. The van der Waals surface area contributed by atoms with Gasteiger partial charge in [-0.15, -0.1) is 0 Å². The molecule has 0 amide bonds. The lowest BCUT2D eigenvalue weighted by atomic mass is 10.1. The van der Waals surface area contributed by atoms with Crippen LogP contribution in [0.5, 0.6) is 0 Å². The molecule has 3 heterocycles. The van der Waals surface area contributed by atoms with Crippen molar-refractivity contribution in [1.82, 2.24) is 9.97 Å². The minimum absolute atomic E-state index is 0.406. The highest BCUT2D eigenvalue weighted by molar-refractivity contribution is 5.54. The molecule has 2 aliphatic heterocycles. The van der Waals surface area contributed by atoms with Gasteiger partial charge >= 0.3 is 0 Å².